The molecule has 0 heterocycles. The Balaban J connectivity index is 2.62. The number of esters is 4. The molecule has 0 radical (unpaired) electrons. The zero-order chi connectivity index (χ0) is 28.7. The first-order valence-electron chi connectivity index (χ1n) is 11.0. The molecule has 0 saturated carbocycles. The Kier molecular flexibility index (Phi) is 9.42. The first-order valence-corrected chi connectivity index (χ1v) is 11.0. The molecule has 38 heavy (non-hydrogen) atoms. The van der Waals surface area contributed by atoms with Crippen LogP contribution in [0.2, 0.25) is 0 Å². The predicted molar refractivity (Wildman–Crippen MR) is 138 cm³/mol. The molecule has 2 aromatic rings. The summed E-state index contributed by atoms with van der Waals surface area (Å²) in [7, 11) is 0. The maximum absolute atomic E-state index is 13.6. The summed E-state index contributed by atoms with van der Waals surface area (Å²) in [6, 6.07) is 7.49. The van der Waals surface area contributed by atoms with Crippen molar-refractivity contribution in [1.82, 2.24) is 0 Å². The van der Waals surface area contributed by atoms with E-state index < -0.39 is 29.7 Å². The lowest BCUT2D eigenvalue weighted by Gasteiger charge is -2.14. The summed E-state index contributed by atoms with van der Waals surface area (Å²) in [6.45, 7) is 19.8. The van der Waals surface area contributed by atoms with Crippen molar-refractivity contribution < 1.29 is 42.9 Å². The number of hydrogen-bond donors (Lipinski definition) is 0. The molecule has 0 aliphatic rings. The van der Waals surface area contributed by atoms with E-state index in [9.17, 15) is 24.0 Å². The van der Waals surface area contributed by atoms with Gasteiger partial charge < -0.3 is 18.9 Å². The van der Waals surface area contributed by atoms with Crippen molar-refractivity contribution in [2.24, 2.45) is 0 Å². The molecule has 9 heteroatoms. The van der Waals surface area contributed by atoms with E-state index >= 15 is 0 Å². The van der Waals surface area contributed by atoms with Crippen LogP contribution in [0.15, 0.2) is 85.0 Å². The minimum Gasteiger partial charge on any atom is -0.423 e. The van der Waals surface area contributed by atoms with Crippen LogP contribution in [0.4, 0.5) is 0 Å². The molecular weight excluding hydrogens is 492 g/mol. The Morgan fingerprint density at radius 3 is 1.34 bits per heavy atom. The Morgan fingerprint density at radius 1 is 0.526 bits per heavy atom. The topological polar surface area (TPSA) is 122 Å². The van der Waals surface area contributed by atoms with Crippen LogP contribution < -0.4 is 18.9 Å². The van der Waals surface area contributed by atoms with E-state index in [4.69, 9.17) is 18.9 Å². The van der Waals surface area contributed by atoms with Gasteiger partial charge in [-0.15, -0.1) is 0 Å². The molecule has 0 aromatic heterocycles. The fraction of sp³-hybridized carbons (Fsp3) is 0.138. The highest BCUT2D eigenvalue weighted by Crippen LogP contribution is 2.31. The zero-order valence-corrected chi connectivity index (χ0v) is 21.5. The molecule has 0 amide bonds. The molecule has 0 unspecified atom stereocenters. The molecule has 196 valence electrons. The zero-order valence-electron chi connectivity index (χ0n) is 21.5. The van der Waals surface area contributed by atoms with Crippen molar-refractivity contribution in [1.29, 1.82) is 0 Å². The Morgan fingerprint density at radius 2 is 0.921 bits per heavy atom. The summed E-state index contributed by atoms with van der Waals surface area (Å²) in [5, 5.41) is 0. The van der Waals surface area contributed by atoms with Crippen molar-refractivity contribution in [3.63, 3.8) is 0 Å². The summed E-state index contributed by atoms with van der Waals surface area (Å²) in [5.74, 6) is -4.27. The second-order valence-corrected chi connectivity index (χ2v) is 8.36. The summed E-state index contributed by atoms with van der Waals surface area (Å²) in [6.07, 6.45) is 0. The van der Waals surface area contributed by atoms with Crippen LogP contribution in [0, 0.1) is 0 Å². The molecule has 0 aliphatic carbocycles. The second kappa shape index (κ2) is 12.3. The van der Waals surface area contributed by atoms with E-state index in [-0.39, 0.29) is 56.4 Å². The van der Waals surface area contributed by atoms with Gasteiger partial charge in [0.1, 0.15) is 23.0 Å². The molecule has 0 aliphatic heterocycles. The average Bonchev–Trinajstić information content (AvgIpc) is 2.83. The molecule has 0 N–H and O–H groups in total. The molecule has 2 aromatic carbocycles. The van der Waals surface area contributed by atoms with Gasteiger partial charge in [-0.3, -0.25) is 4.79 Å². The molecule has 0 saturated heterocycles. The number of ketones is 1. The number of hydrogen-bond acceptors (Lipinski definition) is 9. The van der Waals surface area contributed by atoms with Gasteiger partial charge in [-0.2, -0.15) is 0 Å². The second-order valence-electron chi connectivity index (χ2n) is 8.36. The fourth-order valence-corrected chi connectivity index (χ4v) is 2.58. The summed E-state index contributed by atoms with van der Waals surface area (Å²) >= 11 is 0. The van der Waals surface area contributed by atoms with Crippen molar-refractivity contribution in [2.75, 3.05) is 0 Å². The summed E-state index contributed by atoms with van der Waals surface area (Å²) in [5.41, 5.74) is 0.169. The van der Waals surface area contributed by atoms with Crippen molar-refractivity contribution in [2.45, 2.75) is 27.7 Å². The van der Waals surface area contributed by atoms with Gasteiger partial charge in [0, 0.05) is 40.0 Å². The van der Waals surface area contributed by atoms with E-state index in [2.05, 4.69) is 26.3 Å². The Labute approximate surface area is 219 Å². The van der Waals surface area contributed by atoms with Gasteiger partial charge >= 0.3 is 23.9 Å². The number of ether oxygens (including phenoxy) is 4. The molecule has 0 spiro atoms. The van der Waals surface area contributed by atoms with Gasteiger partial charge in [0.05, 0.1) is 5.56 Å². The molecule has 9 nitrogen and oxygen atoms in total. The standard InChI is InChI=1S/C29H26O9/c1-15(2)26(31)35-20-9-10-23(24(14-20)38-29(34)18(7)8)25(30)19-11-21(36-27(32)16(3)4)13-22(12-19)37-28(33)17(5)6/h9-14H,1,3,5,7H2,2,4,6,8H3. The number of carbonyl (C=O) groups excluding carboxylic acids is 5. The van der Waals surface area contributed by atoms with E-state index in [0.717, 1.165) is 0 Å². The third-order valence-electron chi connectivity index (χ3n) is 4.57. The average molecular weight is 519 g/mol. The van der Waals surface area contributed by atoms with Crippen LogP contribution in [0.3, 0.4) is 0 Å². The fourth-order valence-electron chi connectivity index (χ4n) is 2.58. The van der Waals surface area contributed by atoms with Crippen LogP contribution in [-0.2, 0) is 19.2 Å². The monoisotopic (exact) mass is 518 g/mol. The SMILES string of the molecule is C=C(C)C(=O)Oc1cc(OC(=O)C(=C)C)cc(C(=O)c2ccc(OC(=O)C(=C)C)cc2OC(=O)C(=C)C)c1. The largest absolute Gasteiger partial charge is 0.423 e. The van der Waals surface area contributed by atoms with Crippen molar-refractivity contribution >= 4 is 29.7 Å². The Hall–Kier alpha value is -5.05. The number of rotatable bonds is 10. The molecule has 0 fully saturated rings. The molecule has 0 bridgehead atoms. The molecule has 0 atom stereocenters. The highest BCUT2D eigenvalue weighted by molar-refractivity contribution is 6.12. The smallest absolute Gasteiger partial charge is 0.338 e. The third kappa shape index (κ3) is 7.72. The lowest BCUT2D eigenvalue weighted by atomic mass is 10.0. The van der Waals surface area contributed by atoms with Gasteiger partial charge in [-0.05, 0) is 52.0 Å². The maximum atomic E-state index is 13.6. The maximum Gasteiger partial charge on any atom is 0.338 e. The van der Waals surface area contributed by atoms with E-state index in [1.54, 1.807) is 0 Å². The Bertz CT molecular complexity index is 1360. The highest BCUT2D eigenvalue weighted by Gasteiger charge is 2.22. The molecular formula is C29H26O9. The van der Waals surface area contributed by atoms with Gasteiger partial charge in [-0.1, -0.05) is 26.3 Å². The van der Waals surface area contributed by atoms with Crippen LogP contribution in [0.5, 0.6) is 23.0 Å². The minimum atomic E-state index is -0.831. The van der Waals surface area contributed by atoms with E-state index in [1.807, 2.05) is 0 Å². The van der Waals surface area contributed by atoms with E-state index in [1.165, 1.54) is 64.1 Å². The normalized spacial score (nSPS) is 10.0. The number of carbonyl (C=O) groups is 5. The summed E-state index contributed by atoms with van der Waals surface area (Å²) < 4.78 is 21.0. The van der Waals surface area contributed by atoms with Gasteiger partial charge in [-0.25, -0.2) is 19.2 Å². The first-order chi connectivity index (χ1) is 17.7. The van der Waals surface area contributed by atoms with E-state index in [0.29, 0.717) is 0 Å². The number of benzene rings is 2. The lowest BCUT2D eigenvalue weighted by molar-refractivity contribution is -0.131. The van der Waals surface area contributed by atoms with Crippen LogP contribution in [-0.4, -0.2) is 29.7 Å². The van der Waals surface area contributed by atoms with Crippen LogP contribution in [0.1, 0.15) is 43.6 Å². The lowest BCUT2D eigenvalue weighted by Crippen LogP contribution is -2.14. The minimum absolute atomic E-state index is 0.0146. The quantitative estimate of drug-likeness (QED) is 0.188. The van der Waals surface area contributed by atoms with Crippen LogP contribution in [0.25, 0.3) is 0 Å². The summed E-state index contributed by atoms with van der Waals surface area (Å²) in [4.78, 5) is 61.9. The highest BCUT2D eigenvalue weighted by atomic mass is 16.6. The predicted octanol–water partition coefficient (Wildman–Crippen LogP) is 4.84. The first kappa shape index (κ1) is 29.2. The van der Waals surface area contributed by atoms with Crippen molar-refractivity contribution in [3.05, 3.63) is 96.1 Å². The van der Waals surface area contributed by atoms with Gasteiger partial charge in [0.2, 0.25) is 0 Å². The molecule has 2 rings (SSSR count). The van der Waals surface area contributed by atoms with Gasteiger partial charge in [0.25, 0.3) is 0 Å². The third-order valence-corrected chi connectivity index (χ3v) is 4.57. The van der Waals surface area contributed by atoms with Crippen LogP contribution >= 0.6 is 0 Å². The van der Waals surface area contributed by atoms with Gasteiger partial charge in [0.15, 0.2) is 5.78 Å². The van der Waals surface area contributed by atoms with Crippen molar-refractivity contribution in [3.8, 4) is 23.0 Å².